The van der Waals surface area contributed by atoms with Gasteiger partial charge in [-0.15, -0.1) is 0 Å². The highest BCUT2D eigenvalue weighted by Gasteiger charge is 2.34. The Labute approximate surface area is 121 Å². The third-order valence-electron chi connectivity index (χ3n) is 4.48. The topological polar surface area (TPSA) is 33.7 Å². The molecule has 2 aliphatic rings. The molecule has 0 saturated carbocycles. The monoisotopic (exact) mass is 276 g/mol. The second-order valence-corrected chi connectivity index (χ2v) is 5.64. The molecule has 2 unspecified atom stereocenters. The second-order valence-electron chi connectivity index (χ2n) is 5.64. The van der Waals surface area contributed by atoms with E-state index in [1.165, 1.54) is 19.3 Å². The third kappa shape index (κ3) is 3.07. The summed E-state index contributed by atoms with van der Waals surface area (Å²) >= 11 is 0. The molecule has 0 aliphatic carbocycles. The van der Waals surface area contributed by atoms with Gasteiger partial charge in [0.25, 0.3) is 0 Å². The average molecular weight is 276 g/mol. The highest BCUT2D eigenvalue weighted by Crippen LogP contribution is 2.27. The van der Waals surface area contributed by atoms with E-state index in [1.54, 1.807) is 7.11 Å². The second kappa shape index (κ2) is 6.46. The van der Waals surface area contributed by atoms with Gasteiger partial charge in [0.15, 0.2) is 0 Å². The van der Waals surface area contributed by atoms with Crippen molar-refractivity contribution in [2.45, 2.75) is 31.3 Å². The fourth-order valence-electron chi connectivity index (χ4n) is 3.39. The fourth-order valence-corrected chi connectivity index (χ4v) is 3.39. The van der Waals surface area contributed by atoms with Crippen molar-refractivity contribution in [3.05, 3.63) is 24.3 Å². The van der Waals surface area contributed by atoms with Crippen molar-refractivity contribution in [2.24, 2.45) is 0 Å². The minimum absolute atomic E-state index is 0.710. The van der Waals surface area contributed by atoms with E-state index in [-0.39, 0.29) is 0 Å². The number of nitrogens with one attached hydrogen (secondary N) is 1. The van der Waals surface area contributed by atoms with Crippen LogP contribution in [0.1, 0.15) is 19.3 Å². The van der Waals surface area contributed by atoms with Gasteiger partial charge in [0, 0.05) is 25.2 Å². The SMILES string of the molecule is COc1ccc(OCCN2C3CCNCC2CC3)cc1. The Morgan fingerprint density at radius 3 is 2.65 bits per heavy atom. The molecule has 4 nitrogen and oxygen atoms in total. The fraction of sp³-hybridized carbons (Fsp3) is 0.625. The van der Waals surface area contributed by atoms with E-state index in [9.17, 15) is 0 Å². The van der Waals surface area contributed by atoms with Crippen LogP contribution in [0.3, 0.4) is 0 Å². The summed E-state index contributed by atoms with van der Waals surface area (Å²) in [7, 11) is 1.68. The zero-order valence-corrected chi connectivity index (χ0v) is 12.2. The lowest BCUT2D eigenvalue weighted by Gasteiger charge is -2.27. The number of hydrogen-bond donors (Lipinski definition) is 1. The summed E-state index contributed by atoms with van der Waals surface area (Å²) < 4.78 is 11.0. The van der Waals surface area contributed by atoms with E-state index in [4.69, 9.17) is 9.47 Å². The Morgan fingerprint density at radius 2 is 1.85 bits per heavy atom. The van der Waals surface area contributed by atoms with Gasteiger partial charge in [0.1, 0.15) is 18.1 Å². The molecule has 1 N–H and O–H groups in total. The molecule has 4 heteroatoms. The van der Waals surface area contributed by atoms with Gasteiger partial charge in [-0.3, -0.25) is 4.90 Å². The molecule has 1 aromatic carbocycles. The van der Waals surface area contributed by atoms with Crippen molar-refractivity contribution in [1.82, 2.24) is 10.2 Å². The van der Waals surface area contributed by atoms with Crippen LogP contribution in [0.25, 0.3) is 0 Å². The molecule has 0 aromatic heterocycles. The Hall–Kier alpha value is -1.26. The number of rotatable bonds is 5. The van der Waals surface area contributed by atoms with Gasteiger partial charge in [-0.2, -0.15) is 0 Å². The summed E-state index contributed by atoms with van der Waals surface area (Å²) in [5.41, 5.74) is 0. The molecule has 2 fully saturated rings. The van der Waals surface area contributed by atoms with E-state index >= 15 is 0 Å². The maximum atomic E-state index is 5.86. The highest BCUT2D eigenvalue weighted by atomic mass is 16.5. The maximum absolute atomic E-state index is 5.86. The van der Waals surface area contributed by atoms with Gasteiger partial charge in [-0.25, -0.2) is 0 Å². The van der Waals surface area contributed by atoms with Crippen LogP contribution in [0.4, 0.5) is 0 Å². The minimum Gasteiger partial charge on any atom is -0.497 e. The van der Waals surface area contributed by atoms with E-state index in [1.807, 2.05) is 24.3 Å². The first-order chi connectivity index (χ1) is 9.86. The zero-order chi connectivity index (χ0) is 13.8. The van der Waals surface area contributed by atoms with Crippen LogP contribution in [-0.2, 0) is 0 Å². The lowest BCUT2D eigenvalue weighted by Crippen LogP contribution is -2.40. The Morgan fingerprint density at radius 1 is 1.10 bits per heavy atom. The summed E-state index contributed by atoms with van der Waals surface area (Å²) in [6.45, 7) is 4.10. The van der Waals surface area contributed by atoms with E-state index in [0.717, 1.165) is 43.8 Å². The molecule has 2 bridgehead atoms. The van der Waals surface area contributed by atoms with Gasteiger partial charge in [0.05, 0.1) is 7.11 Å². The van der Waals surface area contributed by atoms with Crippen molar-refractivity contribution in [3.8, 4) is 11.5 Å². The molecule has 2 heterocycles. The van der Waals surface area contributed by atoms with Crippen molar-refractivity contribution in [2.75, 3.05) is 33.4 Å². The van der Waals surface area contributed by atoms with Gasteiger partial charge < -0.3 is 14.8 Å². The average Bonchev–Trinajstić information content (AvgIpc) is 2.73. The van der Waals surface area contributed by atoms with Crippen LogP contribution in [0.5, 0.6) is 11.5 Å². The van der Waals surface area contributed by atoms with Crippen LogP contribution in [0.2, 0.25) is 0 Å². The van der Waals surface area contributed by atoms with E-state index in [0.29, 0.717) is 6.04 Å². The molecule has 1 aromatic rings. The van der Waals surface area contributed by atoms with Gasteiger partial charge >= 0.3 is 0 Å². The Balaban J connectivity index is 1.49. The normalized spacial score (nSPS) is 26.2. The highest BCUT2D eigenvalue weighted by molar-refractivity contribution is 5.31. The predicted molar refractivity (Wildman–Crippen MR) is 79.5 cm³/mol. The van der Waals surface area contributed by atoms with Crippen molar-refractivity contribution >= 4 is 0 Å². The Kier molecular flexibility index (Phi) is 4.43. The number of ether oxygens (including phenoxy) is 2. The lowest BCUT2D eigenvalue weighted by molar-refractivity contribution is 0.162. The first-order valence-electron chi connectivity index (χ1n) is 7.60. The number of methoxy groups -OCH3 is 1. The van der Waals surface area contributed by atoms with Gasteiger partial charge in [-0.1, -0.05) is 0 Å². The van der Waals surface area contributed by atoms with E-state index < -0.39 is 0 Å². The molecule has 2 aliphatic heterocycles. The first-order valence-corrected chi connectivity index (χ1v) is 7.60. The van der Waals surface area contributed by atoms with Gasteiger partial charge in [-0.05, 0) is 50.1 Å². The summed E-state index contributed by atoms with van der Waals surface area (Å²) in [5, 5.41) is 3.53. The van der Waals surface area contributed by atoms with Crippen LogP contribution in [0.15, 0.2) is 24.3 Å². The summed E-state index contributed by atoms with van der Waals surface area (Å²) in [5.74, 6) is 1.79. The summed E-state index contributed by atoms with van der Waals surface area (Å²) in [4.78, 5) is 2.64. The number of hydrogen-bond acceptors (Lipinski definition) is 4. The molecule has 20 heavy (non-hydrogen) atoms. The largest absolute Gasteiger partial charge is 0.497 e. The maximum Gasteiger partial charge on any atom is 0.119 e. The lowest BCUT2D eigenvalue weighted by atomic mass is 10.1. The standard InChI is InChI=1S/C16H24N2O2/c1-19-15-4-6-16(7-5-15)20-11-10-18-13-2-3-14(18)12-17-9-8-13/h4-7,13-14,17H,2-3,8-12H2,1H3. The summed E-state index contributed by atoms with van der Waals surface area (Å²) in [6.07, 6.45) is 3.97. The molecule has 110 valence electrons. The molecular formula is C16H24N2O2. The van der Waals surface area contributed by atoms with Crippen LogP contribution in [-0.4, -0.2) is 50.3 Å². The van der Waals surface area contributed by atoms with Gasteiger partial charge in [0.2, 0.25) is 0 Å². The van der Waals surface area contributed by atoms with Crippen molar-refractivity contribution in [3.63, 3.8) is 0 Å². The molecule has 2 atom stereocenters. The minimum atomic E-state index is 0.710. The molecule has 0 spiro atoms. The molecule has 2 saturated heterocycles. The molecular weight excluding hydrogens is 252 g/mol. The van der Waals surface area contributed by atoms with Crippen molar-refractivity contribution in [1.29, 1.82) is 0 Å². The quantitative estimate of drug-likeness (QED) is 0.890. The number of benzene rings is 1. The predicted octanol–water partition coefficient (Wildman–Crippen LogP) is 1.90. The first kappa shape index (κ1) is 13.7. The van der Waals surface area contributed by atoms with Crippen LogP contribution < -0.4 is 14.8 Å². The van der Waals surface area contributed by atoms with Crippen LogP contribution in [0, 0.1) is 0 Å². The number of nitrogens with zero attached hydrogens (tertiary/aromatic N) is 1. The molecule has 0 amide bonds. The summed E-state index contributed by atoms with van der Waals surface area (Å²) in [6, 6.07) is 9.29. The smallest absolute Gasteiger partial charge is 0.119 e. The van der Waals surface area contributed by atoms with E-state index in [2.05, 4.69) is 10.2 Å². The van der Waals surface area contributed by atoms with Crippen molar-refractivity contribution < 1.29 is 9.47 Å². The number of fused-ring (bicyclic) bond motifs is 2. The molecule has 0 radical (unpaired) electrons. The third-order valence-corrected chi connectivity index (χ3v) is 4.48. The zero-order valence-electron chi connectivity index (χ0n) is 12.2. The molecule has 3 rings (SSSR count). The van der Waals surface area contributed by atoms with Crippen LogP contribution >= 0.6 is 0 Å². The Bertz CT molecular complexity index is 407.